The number of ether oxygens (including phenoxy) is 1. The van der Waals surface area contributed by atoms with Crippen molar-refractivity contribution in [2.24, 2.45) is 5.18 Å². The number of benzene rings is 1. The monoisotopic (exact) mass is 488 g/mol. The maximum atomic E-state index is 14.3. The number of nitrogens with zero attached hydrogens (tertiary/aromatic N) is 5. The minimum Gasteiger partial charge on any atom is -0.477 e. The highest BCUT2D eigenvalue weighted by Crippen LogP contribution is 2.45. The molecule has 4 aromatic rings. The Labute approximate surface area is 195 Å². The quantitative estimate of drug-likeness (QED) is 0.389. The molecule has 176 valence electrons. The van der Waals surface area contributed by atoms with Gasteiger partial charge >= 0.3 is 6.18 Å². The summed E-state index contributed by atoms with van der Waals surface area (Å²) in [5.74, 6) is 0.574. The van der Waals surface area contributed by atoms with Crippen LogP contribution in [0.3, 0.4) is 0 Å². The smallest absolute Gasteiger partial charge is 0.417 e. The van der Waals surface area contributed by atoms with E-state index in [4.69, 9.17) is 4.74 Å². The molecule has 0 atom stereocenters. The molecule has 0 aliphatic carbocycles. The van der Waals surface area contributed by atoms with Crippen LogP contribution in [0.15, 0.2) is 35.5 Å². The number of nitrogens with one attached hydrogen (secondary N) is 1. The maximum Gasteiger partial charge on any atom is 0.417 e. The number of piperazine rings is 1. The van der Waals surface area contributed by atoms with E-state index in [1.807, 2.05) is 4.90 Å². The SMILES string of the molecule is CCOc1nc(N2CCNCC2)nc2c1sc1nc(-c3cccc(N=O)c3)cc(C(F)(F)F)c12. The number of halogens is 3. The summed E-state index contributed by atoms with van der Waals surface area (Å²) in [4.78, 5) is 26.6. The summed E-state index contributed by atoms with van der Waals surface area (Å²) in [5.41, 5.74) is -0.128. The molecule has 4 heterocycles. The Hall–Kier alpha value is -3.38. The van der Waals surface area contributed by atoms with Crippen LogP contribution in [0.1, 0.15) is 12.5 Å². The normalized spacial score (nSPS) is 14.6. The van der Waals surface area contributed by atoms with Crippen LogP contribution in [0.4, 0.5) is 24.8 Å². The van der Waals surface area contributed by atoms with Crippen molar-refractivity contribution in [1.82, 2.24) is 20.3 Å². The summed E-state index contributed by atoms with van der Waals surface area (Å²) < 4.78 is 49.0. The summed E-state index contributed by atoms with van der Waals surface area (Å²) >= 11 is 1.06. The van der Waals surface area contributed by atoms with Crippen LogP contribution in [-0.2, 0) is 6.18 Å². The number of thiophene rings is 1. The third-order valence-corrected chi connectivity index (χ3v) is 6.54. The number of fused-ring (bicyclic) bond motifs is 3. The van der Waals surface area contributed by atoms with Crippen LogP contribution in [0.2, 0.25) is 0 Å². The van der Waals surface area contributed by atoms with Gasteiger partial charge in [-0.25, -0.2) is 9.97 Å². The molecule has 8 nitrogen and oxygen atoms in total. The topological polar surface area (TPSA) is 92.6 Å². The van der Waals surface area contributed by atoms with E-state index in [2.05, 4.69) is 25.4 Å². The molecule has 12 heteroatoms. The zero-order valence-corrected chi connectivity index (χ0v) is 18.8. The molecule has 1 saturated heterocycles. The summed E-state index contributed by atoms with van der Waals surface area (Å²) in [5, 5.41) is 6.02. The van der Waals surface area contributed by atoms with E-state index in [9.17, 15) is 18.1 Å². The van der Waals surface area contributed by atoms with Gasteiger partial charge in [0.1, 0.15) is 20.7 Å². The Kier molecular flexibility index (Phi) is 5.78. The molecule has 0 radical (unpaired) electrons. The van der Waals surface area contributed by atoms with Crippen molar-refractivity contribution in [2.75, 3.05) is 37.7 Å². The molecule has 5 rings (SSSR count). The predicted octanol–water partition coefficient (Wildman–Crippen LogP) is 5.13. The molecule has 0 unspecified atom stereocenters. The molecule has 0 saturated carbocycles. The molecule has 0 spiro atoms. The summed E-state index contributed by atoms with van der Waals surface area (Å²) in [7, 11) is 0. The molecule has 1 aliphatic heterocycles. The van der Waals surface area contributed by atoms with E-state index >= 15 is 0 Å². The average molecular weight is 488 g/mol. The minimum absolute atomic E-state index is 0.0827. The lowest BCUT2D eigenvalue weighted by Crippen LogP contribution is -2.44. The van der Waals surface area contributed by atoms with Crippen LogP contribution < -0.4 is 15.0 Å². The molecule has 0 bridgehead atoms. The van der Waals surface area contributed by atoms with Gasteiger partial charge in [-0.1, -0.05) is 12.1 Å². The van der Waals surface area contributed by atoms with Crippen LogP contribution in [0, 0.1) is 4.91 Å². The number of aromatic nitrogens is 3. The van der Waals surface area contributed by atoms with Crippen LogP contribution in [-0.4, -0.2) is 47.7 Å². The Morgan fingerprint density at radius 2 is 1.97 bits per heavy atom. The molecule has 0 amide bonds. The standard InChI is InChI=1S/C22H19F3N6O2S/c1-2-33-19-18-17(28-21(29-19)31-8-6-26-7-9-31)16-14(22(23,24)25)11-15(27-20(16)34-18)12-4-3-5-13(10-12)30-32/h3-5,10-11,26H,2,6-9H2,1H3. The first-order valence-corrected chi connectivity index (χ1v) is 11.5. The lowest BCUT2D eigenvalue weighted by atomic mass is 10.1. The average Bonchev–Trinajstić information content (AvgIpc) is 3.22. The van der Waals surface area contributed by atoms with E-state index in [0.29, 0.717) is 35.9 Å². The van der Waals surface area contributed by atoms with Gasteiger partial charge in [0.25, 0.3) is 0 Å². The predicted molar refractivity (Wildman–Crippen MR) is 125 cm³/mol. The van der Waals surface area contributed by atoms with Gasteiger partial charge in [-0.15, -0.1) is 16.2 Å². The van der Waals surface area contributed by atoms with Gasteiger partial charge in [0.05, 0.1) is 23.3 Å². The van der Waals surface area contributed by atoms with Crippen LogP contribution in [0.5, 0.6) is 5.88 Å². The third-order valence-electron chi connectivity index (χ3n) is 5.48. The second-order valence-electron chi connectivity index (χ2n) is 7.65. The summed E-state index contributed by atoms with van der Waals surface area (Å²) in [6.45, 7) is 4.81. The molecular formula is C22H19F3N6O2S. The number of nitroso groups, excluding NO2 is 1. The first-order valence-electron chi connectivity index (χ1n) is 10.6. The highest BCUT2D eigenvalue weighted by Gasteiger charge is 2.36. The first kappa shape index (κ1) is 22.4. The molecule has 1 aromatic carbocycles. The van der Waals surface area contributed by atoms with E-state index in [1.54, 1.807) is 19.1 Å². The van der Waals surface area contributed by atoms with Crippen molar-refractivity contribution in [1.29, 1.82) is 0 Å². The van der Waals surface area contributed by atoms with Crippen molar-refractivity contribution in [3.05, 3.63) is 40.8 Å². The molecule has 34 heavy (non-hydrogen) atoms. The Balaban J connectivity index is 1.79. The minimum atomic E-state index is -4.66. The third kappa shape index (κ3) is 4.03. The zero-order chi connectivity index (χ0) is 23.9. The van der Waals surface area contributed by atoms with E-state index in [-0.39, 0.29) is 33.0 Å². The molecular weight excluding hydrogens is 469 g/mol. The largest absolute Gasteiger partial charge is 0.477 e. The molecule has 1 N–H and O–H groups in total. The molecule has 3 aromatic heterocycles. The number of hydrogen-bond donors (Lipinski definition) is 1. The number of hydrogen-bond acceptors (Lipinski definition) is 9. The second-order valence-corrected chi connectivity index (χ2v) is 8.65. The number of alkyl halides is 3. The lowest BCUT2D eigenvalue weighted by Gasteiger charge is -2.27. The number of pyridine rings is 1. The van der Waals surface area contributed by atoms with Crippen LogP contribution >= 0.6 is 11.3 Å². The highest BCUT2D eigenvalue weighted by molar-refractivity contribution is 7.25. The van der Waals surface area contributed by atoms with Gasteiger partial charge in [0, 0.05) is 31.7 Å². The molecule has 1 fully saturated rings. The van der Waals surface area contributed by atoms with Crippen molar-refractivity contribution in [3.63, 3.8) is 0 Å². The summed E-state index contributed by atoms with van der Waals surface area (Å²) in [6, 6.07) is 7.01. The highest BCUT2D eigenvalue weighted by atomic mass is 32.1. The fourth-order valence-electron chi connectivity index (χ4n) is 3.94. The maximum absolute atomic E-state index is 14.3. The molecule has 1 aliphatic rings. The summed E-state index contributed by atoms with van der Waals surface area (Å²) in [6.07, 6.45) is -4.66. The van der Waals surface area contributed by atoms with Crippen molar-refractivity contribution in [2.45, 2.75) is 13.1 Å². The fraction of sp³-hybridized carbons (Fsp3) is 0.318. The van der Waals surface area contributed by atoms with E-state index in [0.717, 1.165) is 30.5 Å². The number of anilines is 1. The van der Waals surface area contributed by atoms with E-state index < -0.39 is 11.7 Å². The van der Waals surface area contributed by atoms with Crippen LogP contribution in [0.25, 0.3) is 31.7 Å². The van der Waals surface area contributed by atoms with Gasteiger partial charge in [-0.3, -0.25) is 0 Å². The Bertz CT molecular complexity index is 1380. The van der Waals surface area contributed by atoms with Gasteiger partial charge < -0.3 is 15.0 Å². The Morgan fingerprint density at radius 3 is 2.68 bits per heavy atom. The van der Waals surface area contributed by atoms with Gasteiger partial charge in [-0.2, -0.15) is 18.2 Å². The van der Waals surface area contributed by atoms with Gasteiger partial charge in [0.15, 0.2) is 0 Å². The van der Waals surface area contributed by atoms with E-state index in [1.165, 1.54) is 12.1 Å². The zero-order valence-electron chi connectivity index (χ0n) is 18.0. The van der Waals surface area contributed by atoms with Gasteiger partial charge in [-0.05, 0) is 30.3 Å². The van der Waals surface area contributed by atoms with Gasteiger partial charge in [0.2, 0.25) is 11.8 Å². The number of rotatable bonds is 5. The Morgan fingerprint density at radius 1 is 1.18 bits per heavy atom. The first-order chi connectivity index (χ1) is 16.4. The van der Waals surface area contributed by atoms with Crippen molar-refractivity contribution >= 4 is 43.4 Å². The van der Waals surface area contributed by atoms with Crippen molar-refractivity contribution < 1.29 is 17.9 Å². The van der Waals surface area contributed by atoms with Crippen molar-refractivity contribution in [3.8, 4) is 17.1 Å². The fourth-order valence-corrected chi connectivity index (χ4v) is 5.02. The second kappa shape index (κ2) is 8.76. The lowest BCUT2D eigenvalue weighted by molar-refractivity contribution is -0.136.